The summed E-state index contributed by atoms with van der Waals surface area (Å²) < 4.78 is 13.5. The summed E-state index contributed by atoms with van der Waals surface area (Å²) in [5.41, 5.74) is 5.85. The molecule has 0 fully saturated rings. The van der Waals surface area contributed by atoms with Crippen LogP contribution >= 0.6 is 0 Å². The number of benzene rings is 5. The lowest BCUT2D eigenvalue weighted by Crippen LogP contribution is -2.33. The summed E-state index contributed by atoms with van der Waals surface area (Å²) in [5, 5.41) is 3.51. The fourth-order valence-corrected chi connectivity index (χ4v) is 5.52. The molecule has 43 heavy (non-hydrogen) atoms. The molecule has 0 aromatic heterocycles. The third-order valence-corrected chi connectivity index (χ3v) is 7.75. The SMILES string of the molecule is O=C(c1cccc(NC2c3ccccc3C(=O)N2Cc2ccc(F)cc2)c1)N(CCc1ccccc1)Cc1ccccc1. The van der Waals surface area contributed by atoms with Gasteiger partial charge in [0.2, 0.25) is 0 Å². The van der Waals surface area contributed by atoms with Crippen LogP contribution in [-0.2, 0) is 19.5 Å². The minimum atomic E-state index is -0.447. The quantitative estimate of drug-likeness (QED) is 0.190. The number of amides is 2. The van der Waals surface area contributed by atoms with E-state index in [0.29, 0.717) is 30.8 Å². The summed E-state index contributed by atoms with van der Waals surface area (Å²) in [4.78, 5) is 31.0. The summed E-state index contributed by atoms with van der Waals surface area (Å²) in [6.07, 6.45) is 0.300. The van der Waals surface area contributed by atoms with Gasteiger partial charge in [-0.05, 0) is 59.5 Å². The van der Waals surface area contributed by atoms with Gasteiger partial charge in [0.05, 0.1) is 0 Å². The van der Waals surface area contributed by atoms with E-state index in [0.717, 1.165) is 28.8 Å². The van der Waals surface area contributed by atoms with E-state index in [9.17, 15) is 14.0 Å². The van der Waals surface area contributed by atoms with Gasteiger partial charge in [-0.3, -0.25) is 9.59 Å². The zero-order valence-electron chi connectivity index (χ0n) is 23.7. The topological polar surface area (TPSA) is 52.7 Å². The van der Waals surface area contributed by atoms with Gasteiger partial charge in [0.15, 0.2) is 0 Å². The van der Waals surface area contributed by atoms with Crippen LogP contribution in [0.25, 0.3) is 0 Å². The summed E-state index contributed by atoms with van der Waals surface area (Å²) >= 11 is 0. The van der Waals surface area contributed by atoms with E-state index in [1.165, 1.54) is 17.7 Å². The predicted molar refractivity (Wildman–Crippen MR) is 167 cm³/mol. The van der Waals surface area contributed by atoms with Crippen molar-refractivity contribution in [2.75, 3.05) is 11.9 Å². The van der Waals surface area contributed by atoms with Gasteiger partial charge < -0.3 is 15.1 Å². The van der Waals surface area contributed by atoms with Crippen molar-refractivity contribution in [1.29, 1.82) is 0 Å². The molecule has 5 nitrogen and oxygen atoms in total. The number of carbonyl (C=O) groups is 2. The zero-order chi connectivity index (χ0) is 29.6. The second-order valence-electron chi connectivity index (χ2n) is 10.7. The van der Waals surface area contributed by atoms with Crippen molar-refractivity contribution >= 4 is 17.5 Å². The Morgan fingerprint density at radius 1 is 0.744 bits per heavy atom. The van der Waals surface area contributed by atoms with Gasteiger partial charge in [-0.1, -0.05) is 97.1 Å². The first kappa shape index (κ1) is 27.9. The molecular formula is C37H32FN3O2. The van der Waals surface area contributed by atoms with Crippen LogP contribution in [0.15, 0.2) is 133 Å². The highest BCUT2D eigenvalue weighted by Gasteiger charge is 2.36. The van der Waals surface area contributed by atoms with Crippen LogP contribution in [-0.4, -0.2) is 28.2 Å². The Morgan fingerprint density at radius 2 is 1.42 bits per heavy atom. The average molecular weight is 570 g/mol. The Morgan fingerprint density at radius 3 is 2.16 bits per heavy atom. The van der Waals surface area contributed by atoms with Crippen molar-refractivity contribution in [2.45, 2.75) is 25.7 Å². The molecule has 0 aliphatic carbocycles. The van der Waals surface area contributed by atoms with Crippen molar-refractivity contribution in [2.24, 2.45) is 0 Å². The van der Waals surface area contributed by atoms with Crippen molar-refractivity contribution < 1.29 is 14.0 Å². The molecular weight excluding hydrogens is 537 g/mol. The first-order valence-corrected chi connectivity index (χ1v) is 14.4. The van der Waals surface area contributed by atoms with Crippen LogP contribution in [0.4, 0.5) is 10.1 Å². The van der Waals surface area contributed by atoms with E-state index in [2.05, 4.69) is 17.4 Å². The first-order chi connectivity index (χ1) is 21.0. The Hall–Kier alpha value is -5.23. The van der Waals surface area contributed by atoms with Crippen LogP contribution in [0.1, 0.15) is 49.1 Å². The third-order valence-electron chi connectivity index (χ3n) is 7.75. The molecule has 5 aromatic carbocycles. The molecule has 0 saturated heterocycles. The van der Waals surface area contributed by atoms with Crippen molar-refractivity contribution in [3.05, 3.63) is 173 Å². The second kappa shape index (κ2) is 12.7. The Bertz CT molecular complexity index is 1710. The maximum Gasteiger partial charge on any atom is 0.256 e. The molecule has 0 saturated carbocycles. The van der Waals surface area contributed by atoms with Gasteiger partial charge in [-0.25, -0.2) is 4.39 Å². The molecule has 6 heteroatoms. The molecule has 1 heterocycles. The Balaban J connectivity index is 1.25. The lowest BCUT2D eigenvalue weighted by atomic mass is 10.1. The van der Waals surface area contributed by atoms with Crippen molar-refractivity contribution in [3.8, 4) is 0 Å². The lowest BCUT2D eigenvalue weighted by Gasteiger charge is -2.28. The van der Waals surface area contributed by atoms with E-state index in [4.69, 9.17) is 0 Å². The Labute approximate surface area is 251 Å². The molecule has 5 aromatic rings. The monoisotopic (exact) mass is 569 g/mol. The molecule has 2 amide bonds. The van der Waals surface area contributed by atoms with Gasteiger partial charge in [-0.2, -0.15) is 0 Å². The number of halogens is 1. The number of rotatable bonds is 10. The van der Waals surface area contributed by atoms with Crippen LogP contribution in [0.2, 0.25) is 0 Å². The number of nitrogens with one attached hydrogen (secondary N) is 1. The van der Waals surface area contributed by atoms with E-state index in [-0.39, 0.29) is 17.6 Å². The molecule has 1 aliphatic rings. The number of hydrogen-bond acceptors (Lipinski definition) is 3. The highest BCUT2D eigenvalue weighted by atomic mass is 19.1. The summed E-state index contributed by atoms with van der Waals surface area (Å²) in [5.74, 6) is -0.477. The van der Waals surface area contributed by atoms with Crippen LogP contribution in [0.3, 0.4) is 0 Å². The summed E-state index contributed by atoms with van der Waals surface area (Å²) in [6, 6.07) is 41.4. The molecule has 0 bridgehead atoms. The molecule has 1 N–H and O–H groups in total. The molecule has 6 rings (SSSR count). The fourth-order valence-electron chi connectivity index (χ4n) is 5.52. The summed E-state index contributed by atoms with van der Waals surface area (Å²) in [6.45, 7) is 1.39. The van der Waals surface area contributed by atoms with Gasteiger partial charge in [-0.15, -0.1) is 0 Å². The van der Waals surface area contributed by atoms with Gasteiger partial charge >= 0.3 is 0 Å². The summed E-state index contributed by atoms with van der Waals surface area (Å²) in [7, 11) is 0. The number of carbonyl (C=O) groups excluding carboxylic acids is 2. The maximum absolute atomic E-state index is 13.9. The third kappa shape index (κ3) is 6.49. The van der Waals surface area contributed by atoms with Crippen LogP contribution in [0, 0.1) is 5.82 Å². The Kier molecular flexibility index (Phi) is 8.27. The smallest absolute Gasteiger partial charge is 0.256 e. The van der Waals surface area contributed by atoms with E-state index in [1.54, 1.807) is 17.0 Å². The van der Waals surface area contributed by atoms with Gasteiger partial charge in [0, 0.05) is 42.0 Å². The largest absolute Gasteiger partial charge is 0.361 e. The minimum absolute atomic E-state index is 0.0606. The highest BCUT2D eigenvalue weighted by molar-refractivity contribution is 5.99. The lowest BCUT2D eigenvalue weighted by molar-refractivity contribution is 0.0724. The normalized spacial score (nSPS) is 13.9. The predicted octanol–water partition coefficient (Wildman–Crippen LogP) is 7.48. The minimum Gasteiger partial charge on any atom is -0.361 e. The van der Waals surface area contributed by atoms with E-state index >= 15 is 0 Å². The number of fused-ring (bicyclic) bond motifs is 1. The first-order valence-electron chi connectivity index (χ1n) is 14.4. The number of hydrogen-bond donors (Lipinski definition) is 1. The molecule has 1 unspecified atom stereocenters. The highest BCUT2D eigenvalue weighted by Crippen LogP contribution is 2.35. The van der Waals surface area contributed by atoms with Crippen molar-refractivity contribution in [3.63, 3.8) is 0 Å². The molecule has 0 radical (unpaired) electrons. The number of anilines is 1. The maximum atomic E-state index is 13.9. The second-order valence-corrected chi connectivity index (χ2v) is 10.7. The van der Waals surface area contributed by atoms with Gasteiger partial charge in [0.1, 0.15) is 12.0 Å². The standard InChI is InChI=1S/C37H32FN3O2/c38-31-20-18-29(19-21-31)26-41-35(33-16-7-8-17-34(33)37(41)43)39-32-15-9-14-30(24-32)36(42)40(25-28-12-5-2-6-13-28)23-22-27-10-3-1-4-11-27/h1-21,24,35,39H,22-23,25-26H2. The van der Waals surface area contributed by atoms with Gasteiger partial charge in [0.25, 0.3) is 11.8 Å². The van der Waals surface area contributed by atoms with E-state index < -0.39 is 6.17 Å². The fraction of sp³-hybridized carbons (Fsp3) is 0.135. The van der Waals surface area contributed by atoms with Crippen LogP contribution in [0.5, 0.6) is 0 Å². The number of nitrogens with zero attached hydrogens (tertiary/aromatic N) is 2. The molecule has 214 valence electrons. The van der Waals surface area contributed by atoms with E-state index in [1.807, 2.05) is 102 Å². The van der Waals surface area contributed by atoms with Crippen LogP contribution < -0.4 is 5.32 Å². The molecule has 1 atom stereocenters. The average Bonchev–Trinajstić information content (AvgIpc) is 3.31. The molecule has 0 spiro atoms. The van der Waals surface area contributed by atoms with Crippen molar-refractivity contribution in [1.82, 2.24) is 9.80 Å². The zero-order valence-corrected chi connectivity index (χ0v) is 23.7. The molecule has 1 aliphatic heterocycles.